The molecular weight excluding hydrogens is 879 g/mol. The van der Waals surface area contributed by atoms with Crippen LogP contribution in [0.5, 0.6) is 0 Å². The second kappa shape index (κ2) is 26.7. The monoisotopic (exact) mass is 944 g/mol. The molecule has 360 valence electrons. The van der Waals surface area contributed by atoms with E-state index in [1.54, 1.807) is 29.9 Å². The van der Waals surface area contributed by atoms with Crippen molar-refractivity contribution in [2.45, 2.75) is 48.0 Å². The fourth-order valence-electron chi connectivity index (χ4n) is 7.41. The smallest absolute Gasteiger partial charge is 0.113 e. The maximum Gasteiger partial charge on any atom is 0.113 e. The Kier molecular flexibility index (Phi) is 19.5. The molecule has 2 N–H and O–H groups in total. The van der Waals surface area contributed by atoms with Crippen LogP contribution >= 0.6 is 0 Å². The van der Waals surface area contributed by atoms with E-state index in [0.29, 0.717) is 11.4 Å². The number of para-hydroxylation sites is 1. The van der Waals surface area contributed by atoms with E-state index >= 15 is 0 Å². The van der Waals surface area contributed by atoms with Crippen LogP contribution in [0.2, 0.25) is 0 Å². The quantitative estimate of drug-likeness (QED) is 0.0574. The van der Waals surface area contributed by atoms with E-state index in [0.717, 1.165) is 79.3 Å². The minimum absolute atomic E-state index is 0.365. The summed E-state index contributed by atoms with van der Waals surface area (Å²) in [5.74, 6) is 0. The topological polar surface area (TPSA) is 82.2 Å². The lowest BCUT2D eigenvalue weighted by Gasteiger charge is -2.26. The van der Waals surface area contributed by atoms with Gasteiger partial charge in [0, 0.05) is 17.1 Å². The van der Waals surface area contributed by atoms with Crippen LogP contribution < -0.4 is 10.3 Å². The molecule has 7 heteroatoms. The summed E-state index contributed by atoms with van der Waals surface area (Å²) in [6, 6.07) is 62.1. The van der Waals surface area contributed by atoms with Crippen molar-refractivity contribution in [3.8, 4) is 5.69 Å². The zero-order valence-electron chi connectivity index (χ0n) is 42.4. The highest BCUT2D eigenvalue weighted by molar-refractivity contribution is 6.44. The molecule has 1 heterocycles. The first-order chi connectivity index (χ1) is 35.0. The van der Waals surface area contributed by atoms with Gasteiger partial charge in [0.2, 0.25) is 0 Å². The number of nitrogens with zero attached hydrogens (tertiary/aromatic N) is 5. The average Bonchev–Trinajstić information content (AvgIpc) is 3.85. The number of hydrogen-bond donors (Lipinski definition) is 2. The van der Waals surface area contributed by atoms with Gasteiger partial charge in [0.25, 0.3) is 0 Å². The van der Waals surface area contributed by atoms with Gasteiger partial charge in [-0.1, -0.05) is 183 Å². The van der Waals surface area contributed by atoms with E-state index in [2.05, 4.69) is 200 Å². The Morgan fingerprint density at radius 1 is 0.625 bits per heavy atom. The summed E-state index contributed by atoms with van der Waals surface area (Å²) in [5, 5.41) is 21.2. The Balaban J connectivity index is 0.000000289. The summed E-state index contributed by atoms with van der Waals surface area (Å²) < 4.78 is 0. The van der Waals surface area contributed by atoms with Crippen molar-refractivity contribution in [2.75, 3.05) is 10.3 Å². The van der Waals surface area contributed by atoms with Crippen molar-refractivity contribution in [3.63, 3.8) is 0 Å². The summed E-state index contributed by atoms with van der Waals surface area (Å²) in [7, 11) is 0. The molecule has 1 aromatic heterocycles. The summed E-state index contributed by atoms with van der Waals surface area (Å²) in [4.78, 5) is 3.97. The fourth-order valence-corrected chi connectivity index (χ4v) is 7.41. The number of rotatable bonds is 16. The number of hydrazone groups is 1. The zero-order valence-corrected chi connectivity index (χ0v) is 42.4. The number of fused-ring (bicyclic) bond motifs is 1. The molecule has 7 nitrogen and oxygen atoms in total. The summed E-state index contributed by atoms with van der Waals surface area (Å²) in [6.45, 7) is 24.4. The average molecular weight is 944 g/mol. The molecule has 0 saturated heterocycles. The lowest BCUT2D eigenvalue weighted by molar-refractivity contribution is 0.766. The number of aryl methyl sites for hydroxylation is 3. The number of allylic oxidation sites excluding steroid dienone is 11. The first kappa shape index (κ1) is 52.4. The van der Waals surface area contributed by atoms with Crippen molar-refractivity contribution in [1.29, 1.82) is 5.41 Å². The molecule has 0 saturated carbocycles. The van der Waals surface area contributed by atoms with Gasteiger partial charge in [0.1, 0.15) is 11.0 Å². The van der Waals surface area contributed by atoms with Crippen LogP contribution in [0.25, 0.3) is 27.9 Å². The Labute approximate surface area is 427 Å². The third kappa shape index (κ3) is 15.3. The third-order valence-corrected chi connectivity index (χ3v) is 11.4. The van der Waals surface area contributed by atoms with Gasteiger partial charge in [-0.2, -0.15) is 9.90 Å². The van der Waals surface area contributed by atoms with Crippen LogP contribution in [-0.2, 0) is 0 Å². The molecule has 0 unspecified atom stereocenters. The lowest BCUT2D eigenvalue weighted by Crippen LogP contribution is -2.10. The zero-order chi connectivity index (χ0) is 51.2. The third-order valence-electron chi connectivity index (χ3n) is 11.4. The molecular formula is C65H65N7. The van der Waals surface area contributed by atoms with Crippen LogP contribution in [0.4, 0.5) is 22.7 Å². The predicted molar refractivity (Wildman–Crippen MR) is 310 cm³/mol. The van der Waals surface area contributed by atoms with E-state index in [1.807, 2.05) is 85.8 Å². The van der Waals surface area contributed by atoms with E-state index in [-0.39, 0.29) is 0 Å². The van der Waals surface area contributed by atoms with Crippen LogP contribution in [0.15, 0.2) is 261 Å². The number of anilines is 4. The second-order valence-electron chi connectivity index (χ2n) is 17.1. The van der Waals surface area contributed by atoms with Crippen LogP contribution in [0.3, 0.4) is 0 Å². The van der Waals surface area contributed by atoms with Gasteiger partial charge in [-0.3, -0.25) is 10.8 Å². The second-order valence-corrected chi connectivity index (χ2v) is 17.1. The van der Waals surface area contributed by atoms with Gasteiger partial charge in [0.05, 0.1) is 22.8 Å². The number of nitrogens with one attached hydrogen (secondary N) is 2. The number of hydrogen-bond acceptors (Lipinski definition) is 6. The van der Waals surface area contributed by atoms with Gasteiger partial charge in [0.15, 0.2) is 0 Å². The molecule has 0 atom stereocenters. The molecule has 0 aliphatic carbocycles. The Bertz CT molecular complexity index is 3210. The minimum atomic E-state index is 0.365. The van der Waals surface area contributed by atoms with Gasteiger partial charge in [-0.15, -0.1) is 10.2 Å². The summed E-state index contributed by atoms with van der Waals surface area (Å²) in [6.07, 6.45) is 14.4. The molecule has 0 fully saturated rings. The van der Waals surface area contributed by atoms with Gasteiger partial charge < -0.3 is 4.90 Å². The SMILES string of the molecule is C=C/C(=C\C(=C)/C(C)=C/C(=C\CC)c1cccc(N(c2ccccc2)c2ccc(-n3nc4ccccc4n3)cc2)c1)c1cccc(C)c1.C=C/C=C\C(=N)/C(C)=N\Nc1ccc(C)cc1.Cc1ccccc1. The molecule has 0 amide bonds. The van der Waals surface area contributed by atoms with Crippen molar-refractivity contribution < 1.29 is 0 Å². The highest BCUT2D eigenvalue weighted by atomic mass is 15.5. The summed E-state index contributed by atoms with van der Waals surface area (Å²) in [5.41, 5.74) is 20.9. The Morgan fingerprint density at radius 2 is 1.18 bits per heavy atom. The van der Waals surface area contributed by atoms with E-state index < -0.39 is 0 Å². The molecule has 0 aliphatic rings. The van der Waals surface area contributed by atoms with Gasteiger partial charge >= 0.3 is 0 Å². The molecule has 0 radical (unpaired) electrons. The van der Waals surface area contributed by atoms with Crippen molar-refractivity contribution in [1.82, 2.24) is 15.0 Å². The Morgan fingerprint density at radius 3 is 1.76 bits per heavy atom. The normalized spacial score (nSPS) is 11.8. The van der Waals surface area contributed by atoms with Crippen LogP contribution in [0, 0.1) is 26.2 Å². The van der Waals surface area contributed by atoms with Crippen molar-refractivity contribution in [2.24, 2.45) is 5.10 Å². The number of benzene rings is 7. The number of aromatic nitrogens is 3. The van der Waals surface area contributed by atoms with Crippen LogP contribution in [0.1, 0.15) is 55.0 Å². The molecule has 0 bridgehead atoms. The van der Waals surface area contributed by atoms with Crippen LogP contribution in [-0.4, -0.2) is 26.4 Å². The van der Waals surface area contributed by atoms with Crippen molar-refractivity contribution in [3.05, 3.63) is 283 Å². The molecule has 0 aliphatic heterocycles. The van der Waals surface area contributed by atoms with E-state index in [9.17, 15) is 0 Å². The summed E-state index contributed by atoms with van der Waals surface area (Å²) >= 11 is 0. The molecule has 8 rings (SSSR count). The highest BCUT2D eigenvalue weighted by Crippen LogP contribution is 2.37. The minimum Gasteiger partial charge on any atom is -0.310 e. The van der Waals surface area contributed by atoms with Gasteiger partial charge in [-0.25, -0.2) is 0 Å². The largest absolute Gasteiger partial charge is 0.310 e. The highest BCUT2D eigenvalue weighted by Gasteiger charge is 2.15. The maximum absolute atomic E-state index is 7.69. The molecule has 72 heavy (non-hydrogen) atoms. The lowest BCUT2D eigenvalue weighted by atomic mass is 9.96. The molecule has 7 aromatic carbocycles. The van der Waals surface area contributed by atoms with Crippen molar-refractivity contribution >= 4 is 56.4 Å². The fraction of sp³-hybridized carbons (Fsp3) is 0.108. The van der Waals surface area contributed by atoms with E-state index in [1.165, 1.54) is 16.7 Å². The standard InChI is InChI=1S/C44H40N4.C14H17N3.C7H8/c1-6-15-36(30-34(5)33(4)29-35(7-2)37-17-13-16-32(3)28-37)38-18-14-21-42(31-38)47(39-19-9-8-10-20-39)40-24-26-41(27-25-40)48-45-43-22-11-12-23-44(43)46-48;1-4-5-6-14(15)12(3)16-17-13-9-7-11(2)8-10-13;1-7-5-3-2-4-6-7/h7-31H,2,4,6H2,1,3,5H3;4-10,15,17H,1H2,2-3H3;2-6H,1H3/b34-30+,35-29+,36-15+;6-5-,15-14?,16-12-;. The first-order valence-electron chi connectivity index (χ1n) is 24.1. The molecule has 8 aromatic rings. The predicted octanol–water partition coefficient (Wildman–Crippen LogP) is 17.3. The maximum atomic E-state index is 7.69. The van der Waals surface area contributed by atoms with E-state index in [4.69, 9.17) is 5.41 Å². The first-order valence-corrected chi connectivity index (χ1v) is 24.1. The molecule has 0 spiro atoms. The van der Waals surface area contributed by atoms with Gasteiger partial charge in [-0.05, 0) is 159 Å². The Hall–Kier alpha value is -8.94.